The van der Waals surface area contributed by atoms with E-state index in [2.05, 4.69) is 40.4 Å². The van der Waals surface area contributed by atoms with Crippen LogP contribution in [0.1, 0.15) is 54.9 Å². The molecule has 0 spiro atoms. The molecular weight excluding hydrogens is 272 g/mol. The molecule has 0 amide bonds. The second-order valence-electron chi connectivity index (χ2n) is 6.41. The molecule has 0 aromatic carbocycles. The molecule has 2 aromatic rings. The molecule has 4 nitrogen and oxygen atoms in total. The average Bonchev–Trinajstić information content (AvgIpc) is 2.35. The van der Waals surface area contributed by atoms with E-state index in [9.17, 15) is 0 Å². The summed E-state index contributed by atoms with van der Waals surface area (Å²) in [6.45, 7) is 6.22. The Bertz CT molecular complexity index is 649. The van der Waals surface area contributed by atoms with Crippen molar-refractivity contribution in [3.8, 4) is 0 Å². The van der Waals surface area contributed by atoms with E-state index in [1.54, 1.807) is 0 Å². The topological polar surface area (TPSA) is 50.7 Å². The molecule has 1 aliphatic rings. The van der Waals surface area contributed by atoms with Crippen molar-refractivity contribution in [1.29, 1.82) is 0 Å². The lowest BCUT2D eigenvalue weighted by molar-refractivity contribution is 0.410. The summed E-state index contributed by atoms with van der Waals surface area (Å²) in [5.74, 6) is 1.39. The van der Waals surface area contributed by atoms with Crippen molar-refractivity contribution >= 4 is 5.95 Å². The average molecular weight is 296 g/mol. The van der Waals surface area contributed by atoms with E-state index < -0.39 is 0 Å². The van der Waals surface area contributed by atoms with Gasteiger partial charge in [-0.05, 0) is 51.8 Å². The highest BCUT2D eigenvalue weighted by Gasteiger charge is 2.22. The van der Waals surface area contributed by atoms with Crippen LogP contribution in [0.15, 0.2) is 24.3 Å². The van der Waals surface area contributed by atoms with Crippen molar-refractivity contribution in [3.05, 3.63) is 47.0 Å². The third kappa shape index (κ3) is 3.62. The molecule has 1 N–H and O–H groups in total. The Kier molecular flexibility index (Phi) is 4.36. The predicted octanol–water partition coefficient (Wildman–Crippen LogP) is 3.80. The van der Waals surface area contributed by atoms with Gasteiger partial charge in [-0.3, -0.25) is 4.98 Å². The van der Waals surface area contributed by atoms with Crippen LogP contribution < -0.4 is 5.32 Å². The highest BCUT2D eigenvalue weighted by Crippen LogP contribution is 2.35. The first-order valence-corrected chi connectivity index (χ1v) is 8.15. The molecule has 0 aliphatic heterocycles. The smallest absolute Gasteiger partial charge is 0.223 e. The number of hydrogen-bond donors (Lipinski definition) is 1. The van der Waals surface area contributed by atoms with Crippen LogP contribution >= 0.6 is 0 Å². The molecule has 0 bridgehead atoms. The Morgan fingerprint density at radius 3 is 2.64 bits per heavy atom. The maximum Gasteiger partial charge on any atom is 0.223 e. The van der Waals surface area contributed by atoms with E-state index in [-0.39, 0.29) is 6.04 Å². The van der Waals surface area contributed by atoms with Crippen LogP contribution in [0.5, 0.6) is 0 Å². The molecule has 1 unspecified atom stereocenters. The lowest BCUT2D eigenvalue weighted by Gasteiger charge is -2.25. The van der Waals surface area contributed by atoms with E-state index in [0.717, 1.165) is 29.5 Å². The van der Waals surface area contributed by atoms with Gasteiger partial charge in [-0.1, -0.05) is 12.5 Å². The van der Waals surface area contributed by atoms with Crippen LogP contribution in [0.4, 0.5) is 5.95 Å². The zero-order valence-electron chi connectivity index (χ0n) is 13.6. The van der Waals surface area contributed by atoms with E-state index in [0.29, 0.717) is 5.92 Å². The van der Waals surface area contributed by atoms with Gasteiger partial charge in [0.1, 0.15) is 0 Å². The van der Waals surface area contributed by atoms with E-state index in [1.807, 2.05) is 19.9 Å². The lowest BCUT2D eigenvalue weighted by atomic mass is 9.83. The zero-order valence-corrected chi connectivity index (χ0v) is 13.6. The fourth-order valence-electron chi connectivity index (χ4n) is 2.87. The summed E-state index contributed by atoms with van der Waals surface area (Å²) in [5, 5.41) is 3.43. The van der Waals surface area contributed by atoms with Crippen molar-refractivity contribution in [2.75, 3.05) is 5.32 Å². The fourth-order valence-corrected chi connectivity index (χ4v) is 2.87. The standard InChI is InChI=1S/C18H24N4/c1-12-6-4-9-16(19-12)10-13(2)20-18-21-14(3)11-17(22-18)15-7-5-8-15/h4,6,9,11,13,15H,5,7-8,10H2,1-3H3,(H,20,21,22). The van der Waals surface area contributed by atoms with Gasteiger partial charge in [-0.15, -0.1) is 0 Å². The maximum atomic E-state index is 4.71. The van der Waals surface area contributed by atoms with Crippen LogP contribution in [0, 0.1) is 13.8 Å². The minimum atomic E-state index is 0.255. The lowest BCUT2D eigenvalue weighted by Crippen LogP contribution is -2.22. The second-order valence-corrected chi connectivity index (χ2v) is 6.41. The van der Waals surface area contributed by atoms with Crippen molar-refractivity contribution < 1.29 is 0 Å². The minimum absolute atomic E-state index is 0.255. The molecule has 0 radical (unpaired) electrons. The quantitative estimate of drug-likeness (QED) is 0.912. The van der Waals surface area contributed by atoms with Crippen LogP contribution in [0.3, 0.4) is 0 Å². The first-order valence-electron chi connectivity index (χ1n) is 8.15. The maximum absolute atomic E-state index is 4.71. The number of aromatic nitrogens is 3. The Morgan fingerprint density at radius 1 is 1.14 bits per heavy atom. The van der Waals surface area contributed by atoms with Crippen LogP contribution in [-0.2, 0) is 6.42 Å². The monoisotopic (exact) mass is 296 g/mol. The largest absolute Gasteiger partial charge is 0.351 e. The molecule has 2 aromatic heterocycles. The molecule has 1 saturated carbocycles. The Hall–Kier alpha value is -1.97. The van der Waals surface area contributed by atoms with Gasteiger partial charge in [0, 0.05) is 41.2 Å². The van der Waals surface area contributed by atoms with Crippen molar-refractivity contribution in [1.82, 2.24) is 15.0 Å². The SMILES string of the molecule is Cc1cccc(CC(C)Nc2nc(C)cc(C3CCC3)n2)n1. The number of nitrogens with zero attached hydrogens (tertiary/aromatic N) is 3. The third-order valence-electron chi connectivity index (χ3n) is 4.23. The Balaban J connectivity index is 1.68. The minimum Gasteiger partial charge on any atom is -0.351 e. The number of rotatable bonds is 5. The van der Waals surface area contributed by atoms with Crippen molar-refractivity contribution in [2.45, 2.75) is 58.4 Å². The molecule has 1 fully saturated rings. The van der Waals surface area contributed by atoms with E-state index in [4.69, 9.17) is 4.98 Å². The summed E-state index contributed by atoms with van der Waals surface area (Å²) in [7, 11) is 0. The van der Waals surface area contributed by atoms with Crippen LogP contribution in [0.2, 0.25) is 0 Å². The number of nitrogens with one attached hydrogen (secondary N) is 1. The molecule has 4 heteroatoms. The zero-order chi connectivity index (χ0) is 15.5. The molecule has 116 valence electrons. The van der Waals surface area contributed by atoms with Gasteiger partial charge >= 0.3 is 0 Å². The third-order valence-corrected chi connectivity index (χ3v) is 4.23. The molecule has 22 heavy (non-hydrogen) atoms. The van der Waals surface area contributed by atoms with Crippen LogP contribution in [0.25, 0.3) is 0 Å². The molecule has 0 saturated heterocycles. The van der Waals surface area contributed by atoms with E-state index in [1.165, 1.54) is 25.0 Å². The van der Waals surface area contributed by atoms with Gasteiger partial charge in [0.15, 0.2) is 0 Å². The summed E-state index contributed by atoms with van der Waals surface area (Å²) < 4.78 is 0. The highest BCUT2D eigenvalue weighted by atomic mass is 15.1. The Morgan fingerprint density at radius 2 is 1.95 bits per heavy atom. The summed E-state index contributed by atoms with van der Waals surface area (Å²) in [5.41, 5.74) is 4.40. The number of aryl methyl sites for hydroxylation is 2. The number of pyridine rings is 1. The summed E-state index contributed by atoms with van der Waals surface area (Å²) in [6, 6.07) is 8.53. The molecular formula is C18H24N4. The predicted molar refractivity (Wildman–Crippen MR) is 89.1 cm³/mol. The fraction of sp³-hybridized carbons (Fsp3) is 0.500. The molecule has 2 heterocycles. The van der Waals surface area contributed by atoms with Gasteiger partial charge < -0.3 is 5.32 Å². The van der Waals surface area contributed by atoms with Crippen molar-refractivity contribution in [3.63, 3.8) is 0 Å². The first-order chi connectivity index (χ1) is 10.6. The normalized spacial score (nSPS) is 16.1. The summed E-state index contributed by atoms with van der Waals surface area (Å²) >= 11 is 0. The Labute approximate surface area is 132 Å². The van der Waals surface area contributed by atoms with Gasteiger partial charge in [-0.25, -0.2) is 9.97 Å². The van der Waals surface area contributed by atoms with Gasteiger partial charge in [0.05, 0.1) is 0 Å². The molecule has 1 atom stereocenters. The molecule has 3 rings (SSSR count). The second kappa shape index (κ2) is 6.42. The van der Waals surface area contributed by atoms with E-state index >= 15 is 0 Å². The van der Waals surface area contributed by atoms with Gasteiger partial charge in [0.2, 0.25) is 5.95 Å². The molecule has 1 aliphatic carbocycles. The number of anilines is 1. The van der Waals surface area contributed by atoms with Crippen LogP contribution in [-0.4, -0.2) is 21.0 Å². The van der Waals surface area contributed by atoms with Gasteiger partial charge in [-0.2, -0.15) is 0 Å². The summed E-state index contributed by atoms with van der Waals surface area (Å²) in [4.78, 5) is 13.8. The first kappa shape index (κ1) is 14.9. The number of hydrogen-bond acceptors (Lipinski definition) is 4. The summed E-state index contributed by atoms with van der Waals surface area (Å²) in [6.07, 6.45) is 4.72. The van der Waals surface area contributed by atoms with Gasteiger partial charge in [0.25, 0.3) is 0 Å². The van der Waals surface area contributed by atoms with Crippen molar-refractivity contribution in [2.24, 2.45) is 0 Å². The highest BCUT2D eigenvalue weighted by molar-refractivity contribution is 5.31.